The summed E-state index contributed by atoms with van der Waals surface area (Å²) in [5, 5.41) is 23.5. The van der Waals surface area contributed by atoms with Crippen LogP contribution in [0.15, 0.2) is 35.1 Å². The first-order valence-electron chi connectivity index (χ1n) is 8.66. The van der Waals surface area contributed by atoms with E-state index in [1.165, 1.54) is 30.7 Å². The number of nitrogens with zero attached hydrogens (tertiary/aromatic N) is 4. The van der Waals surface area contributed by atoms with Crippen LogP contribution in [0, 0.1) is 21.4 Å². The van der Waals surface area contributed by atoms with Crippen LogP contribution < -0.4 is 10.9 Å². The second kappa shape index (κ2) is 7.88. The zero-order chi connectivity index (χ0) is 23.1. The number of nitro benzene ring substituents is 1. The summed E-state index contributed by atoms with van der Waals surface area (Å²) in [4.78, 5) is 26.3. The molecule has 0 aliphatic heterocycles. The van der Waals surface area contributed by atoms with Crippen molar-refractivity contribution in [2.45, 2.75) is 19.1 Å². The second-order valence-corrected chi connectivity index (χ2v) is 7.02. The molecule has 160 valence electrons. The van der Waals surface area contributed by atoms with Crippen LogP contribution in [0.1, 0.15) is 29.7 Å². The average Bonchev–Trinajstić information content (AvgIpc) is 2.70. The number of aromatic nitrogens is 2. The number of nitro groups is 1. The number of pyridine rings is 2. The van der Waals surface area contributed by atoms with Gasteiger partial charge in [-0.05, 0) is 24.6 Å². The van der Waals surface area contributed by atoms with Gasteiger partial charge in [-0.3, -0.25) is 14.9 Å². The summed E-state index contributed by atoms with van der Waals surface area (Å²) in [6.45, 7) is 1.49. The Labute approximate surface area is 177 Å². The van der Waals surface area contributed by atoms with Crippen molar-refractivity contribution in [3.63, 3.8) is 0 Å². The monoisotopic (exact) mass is 451 g/mol. The van der Waals surface area contributed by atoms with Gasteiger partial charge in [-0.25, -0.2) is 4.98 Å². The topological polar surface area (TPSA) is 114 Å². The Bertz CT molecular complexity index is 1310. The molecule has 0 bridgehead atoms. The number of rotatable bonds is 4. The highest BCUT2D eigenvalue weighted by molar-refractivity contribution is 6.31. The van der Waals surface area contributed by atoms with Crippen LogP contribution in [0.5, 0.6) is 0 Å². The molecule has 3 aromatic rings. The van der Waals surface area contributed by atoms with E-state index in [0.29, 0.717) is 11.5 Å². The molecule has 0 aliphatic rings. The number of hydrogen-bond acceptors (Lipinski definition) is 6. The standard InChI is InChI=1S/C19H13ClF3N5O3/c1-9(10-5-11(19(21,22)23)7-12(6-10)28(30)31)25-18-13-3-4-15(29)27(2)16(13)14(8-24)17(20)26-18/h3-7,9H,1-2H3,(H,25,26)/t9-/m1/s1. The number of non-ortho nitro benzene ring substituents is 1. The van der Waals surface area contributed by atoms with Crippen LogP contribution in [0.2, 0.25) is 5.15 Å². The van der Waals surface area contributed by atoms with Gasteiger partial charge < -0.3 is 9.88 Å². The molecule has 1 atom stereocenters. The second-order valence-electron chi connectivity index (χ2n) is 6.67. The molecule has 1 aromatic carbocycles. The highest BCUT2D eigenvalue weighted by Gasteiger charge is 2.33. The Morgan fingerprint density at radius 3 is 2.58 bits per heavy atom. The van der Waals surface area contributed by atoms with Crippen LogP contribution in [0.25, 0.3) is 10.9 Å². The molecule has 0 saturated heterocycles. The van der Waals surface area contributed by atoms with Crippen molar-refractivity contribution in [3.8, 4) is 6.07 Å². The zero-order valence-electron chi connectivity index (χ0n) is 16.0. The lowest BCUT2D eigenvalue weighted by atomic mass is 10.0. The molecule has 0 amide bonds. The Morgan fingerprint density at radius 1 is 1.32 bits per heavy atom. The van der Waals surface area contributed by atoms with Crippen molar-refractivity contribution in [2.24, 2.45) is 7.05 Å². The molecule has 3 rings (SSSR count). The molecule has 2 heterocycles. The predicted molar refractivity (Wildman–Crippen MR) is 107 cm³/mol. The van der Waals surface area contributed by atoms with Crippen LogP contribution in [0.3, 0.4) is 0 Å². The number of hydrogen-bond donors (Lipinski definition) is 1. The number of halogens is 4. The molecule has 31 heavy (non-hydrogen) atoms. The third kappa shape index (κ3) is 4.15. The highest BCUT2D eigenvalue weighted by atomic mass is 35.5. The number of benzene rings is 1. The van der Waals surface area contributed by atoms with Crippen molar-refractivity contribution in [1.29, 1.82) is 5.26 Å². The first-order chi connectivity index (χ1) is 14.4. The summed E-state index contributed by atoms with van der Waals surface area (Å²) in [6, 6.07) is 5.95. The minimum absolute atomic E-state index is 0.0122. The van der Waals surface area contributed by atoms with Crippen molar-refractivity contribution in [1.82, 2.24) is 9.55 Å². The number of nitrogens with one attached hydrogen (secondary N) is 1. The van der Waals surface area contributed by atoms with E-state index in [4.69, 9.17) is 11.6 Å². The fourth-order valence-electron chi connectivity index (χ4n) is 3.09. The van der Waals surface area contributed by atoms with Gasteiger partial charge in [0.1, 0.15) is 17.5 Å². The van der Waals surface area contributed by atoms with E-state index in [2.05, 4.69) is 10.3 Å². The van der Waals surface area contributed by atoms with E-state index >= 15 is 0 Å². The molecule has 0 spiro atoms. The molecule has 0 saturated carbocycles. The molecule has 2 aromatic heterocycles. The van der Waals surface area contributed by atoms with E-state index in [9.17, 15) is 33.3 Å². The lowest BCUT2D eigenvalue weighted by Crippen LogP contribution is -2.18. The molecular formula is C19H13ClF3N5O3. The van der Waals surface area contributed by atoms with Gasteiger partial charge in [0.25, 0.3) is 11.2 Å². The Kier molecular flexibility index (Phi) is 5.61. The van der Waals surface area contributed by atoms with E-state index < -0.39 is 34.0 Å². The third-order valence-electron chi connectivity index (χ3n) is 4.67. The van der Waals surface area contributed by atoms with Gasteiger partial charge >= 0.3 is 6.18 Å². The molecular weight excluding hydrogens is 439 g/mol. The van der Waals surface area contributed by atoms with Crippen molar-refractivity contribution in [3.05, 3.63) is 72.6 Å². The molecule has 0 aliphatic carbocycles. The largest absolute Gasteiger partial charge is 0.416 e. The van der Waals surface area contributed by atoms with E-state index in [-0.39, 0.29) is 27.6 Å². The summed E-state index contributed by atoms with van der Waals surface area (Å²) in [5.41, 5.74) is -2.13. The number of anilines is 1. The molecule has 0 unspecified atom stereocenters. The Morgan fingerprint density at radius 2 is 2.00 bits per heavy atom. The molecule has 1 N–H and O–H groups in total. The lowest BCUT2D eigenvalue weighted by Gasteiger charge is -2.19. The average molecular weight is 452 g/mol. The van der Waals surface area contributed by atoms with Gasteiger partial charge in [0, 0.05) is 30.6 Å². The first kappa shape index (κ1) is 22.0. The molecule has 0 fully saturated rings. The van der Waals surface area contributed by atoms with Crippen LogP contribution >= 0.6 is 11.6 Å². The van der Waals surface area contributed by atoms with Crippen LogP contribution in [-0.4, -0.2) is 14.5 Å². The summed E-state index contributed by atoms with van der Waals surface area (Å²) in [7, 11) is 1.44. The first-order valence-corrected chi connectivity index (χ1v) is 9.04. The van der Waals surface area contributed by atoms with Crippen molar-refractivity contribution in [2.75, 3.05) is 5.32 Å². The summed E-state index contributed by atoms with van der Waals surface area (Å²) < 4.78 is 40.8. The summed E-state index contributed by atoms with van der Waals surface area (Å²) in [6.07, 6.45) is -4.78. The van der Waals surface area contributed by atoms with Gasteiger partial charge in [-0.2, -0.15) is 18.4 Å². The number of aryl methyl sites for hydroxylation is 1. The van der Waals surface area contributed by atoms with Crippen molar-refractivity contribution >= 4 is 34.0 Å². The van der Waals surface area contributed by atoms with E-state index in [1.807, 2.05) is 6.07 Å². The van der Waals surface area contributed by atoms with Crippen molar-refractivity contribution < 1.29 is 18.1 Å². The SMILES string of the molecule is C[C@@H](Nc1nc(Cl)c(C#N)c2c1ccc(=O)n2C)c1cc([N+](=O)[O-])cc(C(F)(F)F)c1. The molecule has 8 nitrogen and oxygen atoms in total. The highest BCUT2D eigenvalue weighted by Crippen LogP contribution is 2.35. The minimum atomic E-state index is -4.78. The van der Waals surface area contributed by atoms with E-state index in [0.717, 1.165) is 12.1 Å². The van der Waals surface area contributed by atoms with Gasteiger partial charge in [0.05, 0.1) is 22.0 Å². The maximum atomic E-state index is 13.2. The quantitative estimate of drug-likeness (QED) is 0.353. The fourth-order valence-corrected chi connectivity index (χ4v) is 3.31. The van der Waals surface area contributed by atoms with Gasteiger partial charge in [-0.15, -0.1) is 0 Å². The van der Waals surface area contributed by atoms with Gasteiger partial charge in [0.15, 0.2) is 5.15 Å². The molecule has 12 heteroatoms. The number of alkyl halides is 3. The Balaban J connectivity index is 2.15. The zero-order valence-corrected chi connectivity index (χ0v) is 16.7. The van der Waals surface area contributed by atoms with Gasteiger partial charge in [0.2, 0.25) is 0 Å². The fraction of sp³-hybridized carbons (Fsp3) is 0.211. The molecule has 0 radical (unpaired) electrons. The maximum Gasteiger partial charge on any atom is 0.416 e. The minimum Gasteiger partial charge on any atom is -0.363 e. The smallest absolute Gasteiger partial charge is 0.363 e. The van der Waals surface area contributed by atoms with Crippen LogP contribution in [0.4, 0.5) is 24.7 Å². The summed E-state index contributed by atoms with van der Waals surface area (Å²) in [5.74, 6) is 0.0992. The van der Waals surface area contributed by atoms with Gasteiger partial charge in [-0.1, -0.05) is 11.6 Å². The third-order valence-corrected chi connectivity index (χ3v) is 4.94. The van der Waals surface area contributed by atoms with E-state index in [1.54, 1.807) is 0 Å². The predicted octanol–water partition coefficient (Wildman–Crippen LogP) is 4.56. The Hall–Kier alpha value is -3.65. The lowest BCUT2D eigenvalue weighted by molar-refractivity contribution is -0.385. The number of nitriles is 1. The normalized spacial score (nSPS) is 12.4. The maximum absolute atomic E-state index is 13.2. The number of fused-ring (bicyclic) bond motifs is 1. The van der Waals surface area contributed by atoms with Crippen LogP contribution in [-0.2, 0) is 13.2 Å². The summed E-state index contributed by atoms with van der Waals surface area (Å²) >= 11 is 6.09.